The van der Waals surface area contributed by atoms with E-state index < -0.39 is 29.9 Å². The molecule has 1 aliphatic heterocycles. The van der Waals surface area contributed by atoms with Crippen LogP contribution in [-0.2, 0) is 20.7 Å². The second-order valence-corrected chi connectivity index (χ2v) is 11.3. The lowest BCUT2D eigenvalue weighted by molar-refractivity contribution is -0.151. The number of hydrogen-bond donors (Lipinski definition) is 2. The number of esters is 1. The Morgan fingerprint density at radius 2 is 1.48 bits per heavy atom. The van der Waals surface area contributed by atoms with E-state index in [1.54, 1.807) is 67.6 Å². The fourth-order valence-electron chi connectivity index (χ4n) is 4.68. The first-order chi connectivity index (χ1) is 20.1. The van der Waals surface area contributed by atoms with E-state index in [1.807, 2.05) is 6.92 Å². The molecule has 42 heavy (non-hydrogen) atoms. The van der Waals surface area contributed by atoms with Crippen LogP contribution in [0, 0.1) is 6.92 Å². The van der Waals surface area contributed by atoms with E-state index in [1.165, 1.54) is 0 Å². The number of rotatable bonds is 10. The first kappa shape index (κ1) is 31.8. The van der Waals surface area contributed by atoms with Gasteiger partial charge in [0, 0.05) is 31.7 Å². The SMILES string of the molecule is Cc1cccc(Cl)c1C(=O)N[C@@H](Cc1ccc(NC(=O)c2c(Cl)cccc2Cl)cc1)C(=O)OC(C)CN1CCOCC1. The summed E-state index contributed by atoms with van der Waals surface area (Å²) in [5.74, 6) is -1.47. The number of nitrogens with one attached hydrogen (secondary N) is 2. The lowest BCUT2D eigenvalue weighted by Crippen LogP contribution is -2.46. The van der Waals surface area contributed by atoms with Crippen molar-refractivity contribution < 1.29 is 23.9 Å². The molecule has 2 amide bonds. The molecule has 1 unspecified atom stereocenters. The van der Waals surface area contributed by atoms with Crippen molar-refractivity contribution in [2.24, 2.45) is 0 Å². The lowest BCUT2D eigenvalue weighted by atomic mass is 10.0. The number of benzene rings is 3. The highest BCUT2D eigenvalue weighted by molar-refractivity contribution is 6.40. The van der Waals surface area contributed by atoms with Gasteiger partial charge < -0.3 is 20.1 Å². The van der Waals surface area contributed by atoms with E-state index in [-0.39, 0.29) is 22.0 Å². The van der Waals surface area contributed by atoms with Gasteiger partial charge in [-0.05, 0) is 55.3 Å². The molecule has 0 bridgehead atoms. The molecule has 11 heteroatoms. The predicted molar refractivity (Wildman–Crippen MR) is 165 cm³/mol. The number of aryl methyl sites for hydroxylation is 1. The van der Waals surface area contributed by atoms with E-state index in [2.05, 4.69) is 15.5 Å². The summed E-state index contributed by atoms with van der Waals surface area (Å²) < 4.78 is 11.2. The maximum Gasteiger partial charge on any atom is 0.329 e. The molecular weight excluding hydrogens is 601 g/mol. The summed E-state index contributed by atoms with van der Waals surface area (Å²) in [5, 5.41) is 6.37. The van der Waals surface area contributed by atoms with Gasteiger partial charge >= 0.3 is 5.97 Å². The van der Waals surface area contributed by atoms with Crippen molar-refractivity contribution in [2.75, 3.05) is 38.2 Å². The van der Waals surface area contributed by atoms with Gasteiger partial charge in [-0.2, -0.15) is 0 Å². The first-order valence-corrected chi connectivity index (χ1v) is 14.7. The Balaban J connectivity index is 1.48. The molecule has 0 aliphatic carbocycles. The Morgan fingerprint density at radius 1 is 0.881 bits per heavy atom. The monoisotopic (exact) mass is 631 g/mol. The number of morpholine rings is 1. The summed E-state index contributed by atoms with van der Waals surface area (Å²) in [6, 6.07) is 15.9. The van der Waals surface area contributed by atoms with Gasteiger partial charge in [-0.3, -0.25) is 14.5 Å². The predicted octanol–water partition coefficient (Wildman–Crippen LogP) is 5.81. The summed E-state index contributed by atoms with van der Waals surface area (Å²) in [6.07, 6.45) is -0.241. The molecule has 1 fully saturated rings. The van der Waals surface area contributed by atoms with Gasteiger partial charge in [-0.15, -0.1) is 0 Å². The van der Waals surface area contributed by atoms with Crippen LogP contribution in [0.3, 0.4) is 0 Å². The van der Waals surface area contributed by atoms with Crippen molar-refractivity contribution >= 4 is 58.3 Å². The first-order valence-electron chi connectivity index (χ1n) is 13.5. The van der Waals surface area contributed by atoms with Crippen molar-refractivity contribution in [1.29, 1.82) is 0 Å². The quantitative estimate of drug-likeness (QED) is 0.274. The van der Waals surface area contributed by atoms with Crippen LogP contribution >= 0.6 is 34.8 Å². The van der Waals surface area contributed by atoms with Gasteiger partial charge in [0.15, 0.2) is 0 Å². The highest BCUT2D eigenvalue weighted by atomic mass is 35.5. The third-order valence-corrected chi connectivity index (χ3v) is 7.76. The number of amides is 2. The Labute approximate surface area is 260 Å². The van der Waals surface area contributed by atoms with Crippen LogP contribution in [0.1, 0.15) is 38.8 Å². The van der Waals surface area contributed by atoms with Gasteiger partial charge in [0.05, 0.1) is 39.4 Å². The Morgan fingerprint density at radius 3 is 2.10 bits per heavy atom. The smallest absolute Gasteiger partial charge is 0.329 e. The van der Waals surface area contributed by atoms with Crippen LogP contribution in [0.15, 0.2) is 60.7 Å². The second kappa shape index (κ2) is 14.8. The Bertz CT molecular complexity index is 1390. The number of carbonyl (C=O) groups is 3. The van der Waals surface area contributed by atoms with Gasteiger partial charge in [0.1, 0.15) is 12.1 Å². The fourth-order valence-corrected chi connectivity index (χ4v) is 5.55. The summed E-state index contributed by atoms with van der Waals surface area (Å²) >= 11 is 18.6. The standard InChI is InChI=1S/C31H32Cl3N3O5/c1-19-5-3-6-23(32)27(19)29(38)36-26(31(40)42-20(2)18-37-13-15-41-16-14-37)17-21-9-11-22(12-10-21)35-30(39)28-24(33)7-4-8-25(28)34/h3-12,20,26H,13-18H2,1-2H3,(H,35,39)(H,36,38)/t20?,26-/m0/s1. The molecule has 2 N–H and O–H groups in total. The minimum Gasteiger partial charge on any atom is -0.460 e. The summed E-state index contributed by atoms with van der Waals surface area (Å²) in [5.41, 5.74) is 2.41. The van der Waals surface area contributed by atoms with Crippen LogP contribution in [-0.4, -0.2) is 67.7 Å². The topological polar surface area (TPSA) is 97.0 Å². The van der Waals surface area contributed by atoms with Gasteiger partial charge in [0.25, 0.3) is 11.8 Å². The zero-order chi connectivity index (χ0) is 30.2. The van der Waals surface area contributed by atoms with E-state index >= 15 is 0 Å². The number of halogens is 3. The molecule has 0 saturated carbocycles. The van der Waals surface area contributed by atoms with Crippen LogP contribution in [0.5, 0.6) is 0 Å². The van der Waals surface area contributed by atoms with E-state index in [9.17, 15) is 14.4 Å². The average Bonchev–Trinajstić information content (AvgIpc) is 2.94. The van der Waals surface area contributed by atoms with Crippen molar-refractivity contribution in [3.05, 3.63) is 98.0 Å². The molecule has 0 radical (unpaired) electrons. The highest BCUT2D eigenvalue weighted by Crippen LogP contribution is 2.26. The minimum atomic E-state index is -0.984. The van der Waals surface area contributed by atoms with E-state index in [0.717, 1.165) is 18.7 Å². The number of hydrogen-bond acceptors (Lipinski definition) is 6. The van der Waals surface area contributed by atoms with E-state index in [4.69, 9.17) is 44.3 Å². The zero-order valence-electron chi connectivity index (χ0n) is 23.3. The van der Waals surface area contributed by atoms with E-state index in [0.29, 0.717) is 41.6 Å². The third-order valence-electron chi connectivity index (χ3n) is 6.82. The number of carbonyl (C=O) groups excluding carboxylic acids is 3. The van der Waals surface area contributed by atoms with Crippen LogP contribution < -0.4 is 10.6 Å². The van der Waals surface area contributed by atoms with Crippen molar-refractivity contribution in [2.45, 2.75) is 32.4 Å². The van der Waals surface area contributed by atoms with Crippen LogP contribution in [0.25, 0.3) is 0 Å². The normalized spacial score (nSPS) is 15.0. The molecule has 8 nitrogen and oxygen atoms in total. The summed E-state index contributed by atoms with van der Waals surface area (Å²) in [7, 11) is 0. The maximum atomic E-state index is 13.4. The fraction of sp³-hybridized carbons (Fsp3) is 0.323. The molecule has 0 aromatic heterocycles. The molecule has 222 valence electrons. The van der Waals surface area contributed by atoms with Crippen molar-refractivity contribution in [3.8, 4) is 0 Å². The molecule has 0 spiro atoms. The Hall–Kier alpha value is -3.14. The highest BCUT2D eigenvalue weighted by Gasteiger charge is 2.27. The Kier molecular flexibility index (Phi) is 11.2. The van der Waals surface area contributed by atoms with Gasteiger partial charge in [-0.1, -0.05) is 65.1 Å². The molecular formula is C31H32Cl3N3O5. The molecule has 2 atom stereocenters. The third kappa shape index (κ3) is 8.46. The molecule has 4 rings (SSSR count). The van der Waals surface area contributed by atoms with Gasteiger partial charge in [0.2, 0.25) is 0 Å². The van der Waals surface area contributed by atoms with Gasteiger partial charge in [-0.25, -0.2) is 4.79 Å². The maximum absolute atomic E-state index is 13.4. The average molecular weight is 633 g/mol. The minimum absolute atomic E-state index is 0.156. The molecule has 1 saturated heterocycles. The van der Waals surface area contributed by atoms with Crippen molar-refractivity contribution in [1.82, 2.24) is 10.2 Å². The van der Waals surface area contributed by atoms with Crippen molar-refractivity contribution in [3.63, 3.8) is 0 Å². The van der Waals surface area contributed by atoms with Crippen LogP contribution in [0.4, 0.5) is 5.69 Å². The number of ether oxygens (including phenoxy) is 2. The summed E-state index contributed by atoms with van der Waals surface area (Å²) in [4.78, 5) is 41.6. The lowest BCUT2D eigenvalue weighted by Gasteiger charge is -2.29. The largest absolute Gasteiger partial charge is 0.460 e. The molecule has 3 aromatic rings. The molecule has 3 aromatic carbocycles. The van der Waals surface area contributed by atoms with Crippen LogP contribution in [0.2, 0.25) is 15.1 Å². The second-order valence-electron chi connectivity index (χ2n) is 10.1. The molecule has 1 heterocycles. The zero-order valence-corrected chi connectivity index (χ0v) is 25.6. The summed E-state index contributed by atoms with van der Waals surface area (Å²) in [6.45, 7) is 6.97. The number of anilines is 1. The number of nitrogens with zero attached hydrogens (tertiary/aromatic N) is 1. The molecule has 1 aliphatic rings.